The molecule has 0 aromatic heterocycles. The first-order valence-corrected chi connectivity index (χ1v) is 33.7. The van der Waals surface area contributed by atoms with Crippen LogP contribution in [0.4, 0.5) is 0 Å². The molecule has 8 nitrogen and oxygen atoms in total. The summed E-state index contributed by atoms with van der Waals surface area (Å²) >= 11 is 0. The topological polar surface area (TPSA) is 79.8 Å². The monoisotopic (exact) mass is 1130 g/mol. The molecule has 0 N–H and O–H groups in total. The van der Waals surface area contributed by atoms with Crippen molar-refractivity contribution in [3.05, 3.63) is 34.6 Å². The Bertz CT molecular complexity index is 2470. The highest BCUT2D eigenvalue weighted by Crippen LogP contribution is 2.79. The first-order chi connectivity index (χ1) is 37.7. The Morgan fingerprint density at radius 2 is 1.01 bits per heavy atom. The van der Waals surface area contributed by atoms with Gasteiger partial charge < -0.3 is 28.6 Å². The summed E-state index contributed by atoms with van der Waals surface area (Å²) in [5, 5.41) is 0. The molecule has 8 heteroatoms. The first-order valence-electron chi connectivity index (χ1n) is 33.7. The maximum Gasteiger partial charge on any atom is 0.281 e. The van der Waals surface area contributed by atoms with Gasteiger partial charge in [0.15, 0.2) is 18.4 Å². The van der Waals surface area contributed by atoms with Crippen molar-refractivity contribution < 1.29 is 28.5 Å². The second-order valence-corrected chi connectivity index (χ2v) is 33.7. The van der Waals surface area contributed by atoms with Gasteiger partial charge in [0.1, 0.15) is 0 Å². The molecule has 12 rings (SSSR count). The van der Waals surface area contributed by atoms with E-state index in [9.17, 15) is 9.59 Å². The van der Waals surface area contributed by atoms with Gasteiger partial charge >= 0.3 is 0 Å². The van der Waals surface area contributed by atoms with Gasteiger partial charge in [0.25, 0.3) is 6.04 Å². The van der Waals surface area contributed by atoms with Crippen LogP contribution in [0.5, 0.6) is 0 Å². The van der Waals surface area contributed by atoms with E-state index in [0.29, 0.717) is 57.4 Å². The Hall–Kier alpha value is -2.10. The molecule has 0 radical (unpaired) electrons. The maximum absolute atomic E-state index is 13.4. The molecule has 11 fully saturated rings. The highest BCUT2D eigenvalue weighted by molar-refractivity contribution is 6.02. The minimum absolute atomic E-state index is 0. The van der Waals surface area contributed by atoms with E-state index in [1.807, 2.05) is 0 Å². The molecule has 0 bridgehead atoms. The number of carbonyl (C=O) groups excluding carboxylic acids is 2. The molecule has 3 unspecified atom stereocenters. The van der Waals surface area contributed by atoms with Gasteiger partial charge in [-0.05, 0) is 256 Å². The maximum atomic E-state index is 13.4. The van der Waals surface area contributed by atoms with Crippen molar-refractivity contribution in [3.63, 3.8) is 0 Å². The lowest BCUT2D eigenvalue weighted by atomic mass is 9.32. The number of ether oxygens (including phenoxy) is 4. The fraction of sp³-hybridized carbons (Fsp3) is 0.919. The fourth-order valence-corrected chi connectivity index (χ4v) is 25.4. The highest BCUT2D eigenvalue weighted by atomic mass is 16.7. The zero-order valence-corrected chi connectivity index (χ0v) is 53.2. The summed E-state index contributed by atoms with van der Waals surface area (Å²) in [6.45, 7) is 53.4. The second-order valence-electron chi connectivity index (χ2n) is 33.7. The Morgan fingerprint density at radius 1 is 0.537 bits per heavy atom. The smallest absolute Gasteiger partial charge is 0.281 e. The van der Waals surface area contributed by atoms with Crippen molar-refractivity contribution in [2.24, 2.45) is 125 Å². The van der Waals surface area contributed by atoms with Crippen LogP contribution in [-0.4, -0.2) is 56.6 Å². The lowest BCUT2D eigenvalue weighted by Crippen LogP contribution is -2.67. The van der Waals surface area contributed by atoms with E-state index in [1.165, 1.54) is 116 Å². The predicted octanol–water partition coefficient (Wildman–Crippen LogP) is 18.9. The van der Waals surface area contributed by atoms with Crippen molar-refractivity contribution in [1.82, 2.24) is 0 Å². The summed E-state index contributed by atoms with van der Waals surface area (Å²) in [6.07, 6.45) is 30.1. The van der Waals surface area contributed by atoms with Crippen LogP contribution >= 0.6 is 0 Å². The average molecular weight is 1130 g/mol. The van der Waals surface area contributed by atoms with Gasteiger partial charge in [-0.15, -0.1) is 0 Å². The van der Waals surface area contributed by atoms with E-state index >= 15 is 0 Å². The average Bonchev–Trinajstić information content (AvgIpc) is 1.10. The largest absolute Gasteiger partial charge is 0.353 e. The number of fused-ring (bicyclic) bond motifs is 14. The number of allylic oxidation sites excluding steroid dienone is 2. The van der Waals surface area contributed by atoms with Crippen molar-refractivity contribution in [2.45, 2.75) is 278 Å². The Kier molecular flexibility index (Phi) is 17.7. The molecular weight excluding hydrogens is 1010 g/mol. The number of hydrogen-bond acceptors (Lipinski definition) is 6. The normalized spacial score (nSPS) is 49.5. The molecule has 10 aliphatic carbocycles. The van der Waals surface area contributed by atoms with Crippen molar-refractivity contribution in [2.75, 3.05) is 26.4 Å². The summed E-state index contributed by atoms with van der Waals surface area (Å²) in [7, 11) is 0. The summed E-state index contributed by atoms with van der Waals surface area (Å²) < 4.78 is 25.4. The minimum Gasteiger partial charge on any atom is -0.353 e. The lowest BCUT2D eigenvalue weighted by molar-refractivity contribution is -0.248. The quantitative estimate of drug-likeness (QED) is 0.225. The van der Waals surface area contributed by atoms with Crippen LogP contribution in [0.3, 0.4) is 0 Å². The molecule has 0 aromatic rings. The third kappa shape index (κ3) is 9.36. The summed E-state index contributed by atoms with van der Waals surface area (Å²) in [4.78, 5) is 34.5. The van der Waals surface area contributed by atoms with Crippen molar-refractivity contribution in [3.8, 4) is 0 Å². The first kappa shape index (κ1) is 64.4. The molecule has 12 aliphatic rings. The van der Waals surface area contributed by atoms with Gasteiger partial charge in [-0.2, -0.15) is 0 Å². The van der Waals surface area contributed by atoms with Gasteiger partial charge in [-0.1, -0.05) is 118 Å². The highest BCUT2D eigenvalue weighted by Gasteiger charge is 2.74. The number of Topliss-reactive ketones (excluding diaryl/α,β-unsaturated/α-hetero) is 2. The van der Waals surface area contributed by atoms with E-state index in [2.05, 4.69) is 113 Å². The Morgan fingerprint density at radius 3 is 1.46 bits per heavy atom. The van der Waals surface area contributed by atoms with Gasteiger partial charge in [0.2, 0.25) is 11.5 Å². The van der Waals surface area contributed by atoms with Crippen LogP contribution in [-0.2, 0) is 28.5 Å². The predicted molar refractivity (Wildman–Crippen MR) is 332 cm³/mol. The molecule has 0 spiro atoms. The summed E-state index contributed by atoms with van der Waals surface area (Å²) in [5.41, 5.74) is 1.16. The molecule has 2 heterocycles. The standard InChI is InChI=1S/C36H57NO3.C36H55NO3.2CH4/c2*1-23(2)24-14-17-36(22-40-29-11-9-10-20-39-29)19-18-34(6)25(30(24)36)12-13-28-33(5)21-26(37-8)31(38)32(3,4)27(33)15-16-35(28,34)7;;/h23-30H,9-22H2,1-7H3;21,23-25,27-30H,9-20,22H2,1-7H3;2*1H4/t24-,25+,26?,27-,28+,29?,30+,33-,34+,35+,36+;24-,25+,27-,28+,29?,30+,33-,34+,35+,36+;;/m00../s1. The van der Waals surface area contributed by atoms with Crippen molar-refractivity contribution >= 4 is 11.6 Å². The van der Waals surface area contributed by atoms with Crippen LogP contribution in [0.1, 0.15) is 259 Å². The van der Waals surface area contributed by atoms with Gasteiger partial charge in [0.05, 0.1) is 19.8 Å². The molecule has 0 amide bonds. The van der Waals surface area contributed by atoms with Gasteiger partial charge in [0, 0.05) is 30.5 Å². The van der Waals surface area contributed by atoms with E-state index < -0.39 is 16.9 Å². The molecule has 462 valence electrons. The molecule has 2 saturated heterocycles. The summed E-state index contributed by atoms with van der Waals surface area (Å²) in [5.74, 6) is 7.98. The van der Waals surface area contributed by atoms with Gasteiger partial charge in [-0.3, -0.25) is 4.79 Å². The SMILES string of the molecule is C.C.[C-]#[N+]C1=C[C@]2(C)[C@H]3CC[C@@H]4[C@H]5[C@H](C(C)C)CC[C@]5(COC5CCCCO5)CC[C@@]4(C)[C@]3(C)CC[C@H]2C(C)(C)C1=O.[C-]#[N+]C1C[C@]2(C)[C@H]3CC[C@@H]4[C@H]5[C@H](C(C)C)CC[C@]5(COC5CCCCO5)CC[C@@]4(C)[C@]3(C)CC[C@H]2C(C)(C)C1=O. The van der Waals surface area contributed by atoms with Crippen LogP contribution in [0.15, 0.2) is 11.8 Å². The minimum atomic E-state index is -0.461. The number of ketones is 2. The van der Waals surface area contributed by atoms with Crippen LogP contribution in [0.2, 0.25) is 0 Å². The van der Waals surface area contributed by atoms with Gasteiger partial charge in [-0.25, -0.2) is 11.4 Å². The zero-order valence-electron chi connectivity index (χ0n) is 53.2. The Balaban J connectivity index is 0.000000193. The van der Waals surface area contributed by atoms with E-state index in [1.54, 1.807) is 0 Å². The molecule has 0 aromatic carbocycles. The number of hydrogen-bond donors (Lipinski definition) is 0. The molecule has 2 aliphatic heterocycles. The van der Waals surface area contributed by atoms with Crippen LogP contribution in [0, 0.1) is 138 Å². The van der Waals surface area contributed by atoms with Crippen molar-refractivity contribution in [1.29, 1.82) is 0 Å². The number of nitrogens with zero attached hydrogens (tertiary/aromatic N) is 2. The second kappa shape index (κ2) is 22.5. The Labute approximate surface area is 502 Å². The number of carbonyl (C=O) groups is 2. The van der Waals surface area contributed by atoms with E-state index in [4.69, 9.17) is 32.1 Å². The third-order valence-corrected chi connectivity index (χ3v) is 29.7. The third-order valence-electron chi connectivity index (χ3n) is 29.7. The molecule has 9 saturated carbocycles. The molecular formula is C74H120N2O6. The molecule has 82 heavy (non-hydrogen) atoms. The van der Waals surface area contributed by atoms with E-state index in [-0.39, 0.29) is 66.1 Å². The zero-order chi connectivity index (χ0) is 57.4. The van der Waals surface area contributed by atoms with E-state index in [0.717, 1.165) is 94.0 Å². The molecule has 21 atom stereocenters. The number of rotatable bonds is 8. The lowest BCUT2D eigenvalue weighted by Gasteiger charge is -2.72. The summed E-state index contributed by atoms with van der Waals surface area (Å²) in [6, 6.07) is -0.456. The fourth-order valence-electron chi connectivity index (χ4n) is 25.4. The van der Waals surface area contributed by atoms with Crippen LogP contribution in [0.25, 0.3) is 9.69 Å². The van der Waals surface area contributed by atoms with Crippen LogP contribution < -0.4 is 0 Å².